The summed E-state index contributed by atoms with van der Waals surface area (Å²) in [5.41, 5.74) is 0.518. The number of hydrogen-bond acceptors (Lipinski definition) is 2. The first kappa shape index (κ1) is 13.0. The highest BCUT2D eigenvalue weighted by atomic mass is 19.1. The van der Waals surface area contributed by atoms with Gasteiger partial charge in [-0.3, -0.25) is 4.79 Å². The van der Waals surface area contributed by atoms with E-state index in [-0.39, 0.29) is 17.1 Å². The molecular formula is C15H10F2O2. The topological polar surface area (TPSA) is 37.3 Å². The fourth-order valence-corrected chi connectivity index (χ4v) is 1.54. The summed E-state index contributed by atoms with van der Waals surface area (Å²) < 4.78 is 25.7. The van der Waals surface area contributed by atoms with Crippen LogP contribution < -0.4 is 0 Å². The van der Waals surface area contributed by atoms with Crippen molar-refractivity contribution in [3.8, 4) is 5.75 Å². The quantitative estimate of drug-likeness (QED) is 0.676. The van der Waals surface area contributed by atoms with Crippen molar-refractivity contribution in [2.45, 2.75) is 0 Å². The summed E-state index contributed by atoms with van der Waals surface area (Å²) in [5, 5.41) is 9.47. The molecule has 2 rings (SSSR count). The second-order valence-electron chi connectivity index (χ2n) is 3.91. The van der Waals surface area contributed by atoms with Gasteiger partial charge in [0.25, 0.3) is 0 Å². The van der Waals surface area contributed by atoms with Crippen LogP contribution in [0.15, 0.2) is 48.5 Å². The number of rotatable bonds is 3. The second-order valence-corrected chi connectivity index (χ2v) is 3.91. The Morgan fingerprint density at radius 1 is 1.00 bits per heavy atom. The van der Waals surface area contributed by atoms with Crippen LogP contribution in [0.2, 0.25) is 0 Å². The predicted molar refractivity (Wildman–Crippen MR) is 67.8 cm³/mol. The highest BCUT2D eigenvalue weighted by molar-refractivity contribution is 6.08. The Balaban J connectivity index is 2.21. The predicted octanol–water partition coefficient (Wildman–Crippen LogP) is 3.57. The number of allylic oxidation sites excluding steroid dienone is 1. The van der Waals surface area contributed by atoms with Crippen molar-refractivity contribution >= 4 is 11.9 Å². The van der Waals surface area contributed by atoms with Crippen LogP contribution in [-0.2, 0) is 0 Å². The first-order valence-corrected chi connectivity index (χ1v) is 5.53. The number of benzene rings is 2. The minimum Gasteiger partial charge on any atom is -0.507 e. The van der Waals surface area contributed by atoms with E-state index in [2.05, 4.69) is 0 Å². The van der Waals surface area contributed by atoms with Gasteiger partial charge >= 0.3 is 0 Å². The molecule has 0 saturated heterocycles. The van der Waals surface area contributed by atoms with E-state index in [1.54, 1.807) is 0 Å². The average Bonchev–Trinajstić information content (AvgIpc) is 2.40. The highest BCUT2D eigenvalue weighted by Gasteiger charge is 2.09. The summed E-state index contributed by atoms with van der Waals surface area (Å²) in [4.78, 5) is 11.8. The van der Waals surface area contributed by atoms with Gasteiger partial charge in [-0.05, 0) is 42.0 Å². The van der Waals surface area contributed by atoms with Gasteiger partial charge in [0.15, 0.2) is 5.78 Å². The monoisotopic (exact) mass is 260 g/mol. The average molecular weight is 260 g/mol. The van der Waals surface area contributed by atoms with Crippen molar-refractivity contribution < 1.29 is 18.7 Å². The molecule has 2 nitrogen and oxygen atoms in total. The maximum atomic E-state index is 13.0. The van der Waals surface area contributed by atoms with Gasteiger partial charge in [-0.2, -0.15) is 0 Å². The lowest BCUT2D eigenvalue weighted by atomic mass is 10.1. The van der Waals surface area contributed by atoms with Crippen molar-refractivity contribution in [1.82, 2.24) is 0 Å². The smallest absolute Gasteiger partial charge is 0.189 e. The summed E-state index contributed by atoms with van der Waals surface area (Å²) in [7, 11) is 0. The van der Waals surface area contributed by atoms with Crippen LogP contribution in [0, 0.1) is 11.6 Å². The van der Waals surface area contributed by atoms with E-state index in [0.717, 1.165) is 18.2 Å². The summed E-state index contributed by atoms with van der Waals surface area (Å²) in [6.45, 7) is 0. The Bertz CT molecular complexity index is 631. The van der Waals surface area contributed by atoms with E-state index in [9.17, 15) is 18.7 Å². The number of carbonyl (C=O) groups excluding carboxylic acids is 1. The zero-order valence-corrected chi connectivity index (χ0v) is 9.81. The van der Waals surface area contributed by atoms with Gasteiger partial charge in [-0.25, -0.2) is 8.78 Å². The summed E-state index contributed by atoms with van der Waals surface area (Å²) in [6, 6.07) is 8.69. The van der Waals surface area contributed by atoms with Gasteiger partial charge in [0, 0.05) is 0 Å². The van der Waals surface area contributed by atoms with Crippen LogP contribution in [0.3, 0.4) is 0 Å². The molecule has 0 aliphatic carbocycles. The normalized spacial score (nSPS) is 10.8. The van der Waals surface area contributed by atoms with Crippen LogP contribution in [0.5, 0.6) is 5.75 Å². The molecule has 2 aromatic carbocycles. The van der Waals surface area contributed by atoms with Gasteiger partial charge < -0.3 is 5.11 Å². The number of hydrogen-bond donors (Lipinski definition) is 1. The standard InChI is InChI=1S/C15H10F2O2/c16-11-4-1-10(2-5-11)3-7-14(18)13-9-12(17)6-8-15(13)19/h1-9,19H. The number of halogens is 2. The zero-order chi connectivity index (χ0) is 13.8. The minimum atomic E-state index is -0.601. The Hall–Kier alpha value is -2.49. The molecule has 0 saturated carbocycles. The van der Waals surface area contributed by atoms with Crippen molar-refractivity contribution in [2.24, 2.45) is 0 Å². The molecule has 0 unspecified atom stereocenters. The molecule has 0 aromatic heterocycles. The molecule has 96 valence electrons. The third kappa shape index (κ3) is 3.25. The van der Waals surface area contributed by atoms with Crippen LogP contribution in [-0.4, -0.2) is 10.9 Å². The summed E-state index contributed by atoms with van der Waals surface area (Å²) >= 11 is 0. The number of aromatic hydroxyl groups is 1. The minimum absolute atomic E-state index is 0.113. The Morgan fingerprint density at radius 3 is 2.32 bits per heavy atom. The lowest BCUT2D eigenvalue weighted by Gasteiger charge is -2.00. The third-order valence-corrected chi connectivity index (χ3v) is 2.52. The van der Waals surface area contributed by atoms with Gasteiger partial charge in [0.05, 0.1) is 5.56 Å². The molecule has 0 heterocycles. The lowest BCUT2D eigenvalue weighted by Crippen LogP contribution is -1.95. The summed E-state index contributed by atoms with van der Waals surface area (Å²) in [5.74, 6) is -1.78. The molecule has 4 heteroatoms. The van der Waals surface area contributed by atoms with Crippen molar-refractivity contribution in [1.29, 1.82) is 0 Å². The maximum absolute atomic E-state index is 13.0. The molecule has 2 aromatic rings. The van der Waals surface area contributed by atoms with Crippen molar-refractivity contribution in [3.05, 3.63) is 71.3 Å². The SMILES string of the molecule is O=C(C=Cc1ccc(F)cc1)c1cc(F)ccc1O. The van der Waals surface area contributed by atoms with Crippen molar-refractivity contribution in [2.75, 3.05) is 0 Å². The van der Waals surface area contributed by atoms with E-state index < -0.39 is 11.6 Å². The number of carbonyl (C=O) groups is 1. The molecule has 0 aliphatic heterocycles. The molecule has 0 atom stereocenters. The van der Waals surface area contributed by atoms with E-state index >= 15 is 0 Å². The molecule has 0 amide bonds. The fraction of sp³-hybridized carbons (Fsp3) is 0. The van der Waals surface area contributed by atoms with Gasteiger partial charge in [0.2, 0.25) is 0 Å². The van der Waals surface area contributed by atoms with Gasteiger partial charge in [-0.15, -0.1) is 0 Å². The van der Waals surface area contributed by atoms with Crippen LogP contribution >= 0.6 is 0 Å². The maximum Gasteiger partial charge on any atom is 0.189 e. The summed E-state index contributed by atoms with van der Waals surface area (Å²) in [6.07, 6.45) is 2.66. The first-order valence-electron chi connectivity index (χ1n) is 5.53. The fourth-order valence-electron chi connectivity index (χ4n) is 1.54. The Labute approximate surface area is 108 Å². The molecule has 0 spiro atoms. The number of phenols is 1. The molecule has 0 bridgehead atoms. The molecule has 19 heavy (non-hydrogen) atoms. The number of phenolic OH excluding ortho intramolecular Hbond substituents is 1. The third-order valence-electron chi connectivity index (χ3n) is 2.52. The van der Waals surface area contributed by atoms with E-state index in [1.165, 1.54) is 36.4 Å². The Morgan fingerprint density at radius 2 is 1.63 bits per heavy atom. The highest BCUT2D eigenvalue weighted by Crippen LogP contribution is 2.19. The van der Waals surface area contributed by atoms with E-state index in [1.807, 2.05) is 0 Å². The largest absolute Gasteiger partial charge is 0.507 e. The zero-order valence-electron chi connectivity index (χ0n) is 9.81. The van der Waals surface area contributed by atoms with Gasteiger partial charge in [-0.1, -0.05) is 18.2 Å². The van der Waals surface area contributed by atoms with Crippen LogP contribution in [0.4, 0.5) is 8.78 Å². The molecule has 1 N–H and O–H groups in total. The van der Waals surface area contributed by atoms with Crippen LogP contribution in [0.1, 0.15) is 15.9 Å². The van der Waals surface area contributed by atoms with E-state index in [4.69, 9.17) is 0 Å². The van der Waals surface area contributed by atoms with E-state index in [0.29, 0.717) is 5.56 Å². The molecule has 0 aliphatic rings. The van der Waals surface area contributed by atoms with Crippen LogP contribution in [0.25, 0.3) is 6.08 Å². The lowest BCUT2D eigenvalue weighted by molar-refractivity contribution is 0.104. The molecule has 0 radical (unpaired) electrons. The number of ketones is 1. The second kappa shape index (κ2) is 5.44. The Kier molecular flexibility index (Phi) is 3.71. The first-order chi connectivity index (χ1) is 9.06. The van der Waals surface area contributed by atoms with Crippen molar-refractivity contribution in [3.63, 3.8) is 0 Å². The van der Waals surface area contributed by atoms with Gasteiger partial charge in [0.1, 0.15) is 17.4 Å². The molecule has 0 fully saturated rings. The molecular weight excluding hydrogens is 250 g/mol.